The van der Waals surface area contributed by atoms with Crippen LogP contribution in [0.15, 0.2) is 18.2 Å². The van der Waals surface area contributed by atoms with E-state index in [4.69, 9.17) is 0 Å². The second-order valence-corrected chi connectivity index (χ2v) is 4.23. The number of phenolic OH excluding ortho intramolecular Hbond substituents is 1. The molecule has 0 unspecified atom stereocenters. The van der Waals surface area contributed by atoms with E-state index in [2.05, 4.69) is 19.9 Å². The quantitative estimate of drug-likeness (QED) is 0.697. The molecule has 1 aromatic carbocycles. The van der Waals surface area contributed by atoms with E-state index in [1.165, 1.54) is 17.5 Å². The Hall–Kier alpha value is -0.980. The fourth-order valence-electron chi connectivity index (χ4n) is 2.36. The van der Waals surface area contributed by atoms with E-state index in [-0.39, 0.29) is 0 Å². The summed E-state index contributed by atoms with van der Waals surface area (Å²) in [5, 5.41) is 9.63. The fourth-order valence-corrected chi connectivity index (χ4v) is 2.36. The van der Waals surface area contributed by atoms with Crippen LogP contribution in [-0.4, -0.2) is 5.11 Å². The van der Waals surface area contributed by atoms with Crippen LogP contribution in [0.1, 0.15) is 37.3 Å². The van der Waals surface area contributed by atoms with Gasteiger partial charge in [-0.2, -0.15) is 0 Å². The first-order valence-electron chi connectivity index (χ1n) is 5.01. The summed E-state index contributed by atoms with van der Waals surface area (Å²) >= 11 is 0. The average Bonchev–Trinajstić information content (AvgIpc) is 2.48. The van der Waals surface area contributed by atoms with Crippen LogP contribution >= 0.6 is 0 Å². The van der Waals surface area contributed by atoms with Crippen LogP contribution in [-0.2, 0) is 6.42 Å². The molecule has 0 saturated carbocycles. The number of phenols is 1. The van der Waals surface area contributed by atoms with E-state index in [0.29, 0.717) is 17.6 Å². The first-order chi connectivity index (χ1) is 6.20. The van der Waals surface area contributed by atoms with Gasteiger partial charge in [-0.3, -0.25) is 0 Å². The van der Waals surface area contributed by atoms with Crippen molar-refractivity contribution in [3.05, 3.63) is 29.3 Å². The Labute approximate surface area is 79.4 Å². The second-order valence-electron chi connectivity index (χ2n) is 4.23. The third-order valence-corrected chi connectivity index (χ3v) is 3.10. The van der Waals surface area contributed by atoms with E-state index in [0.717, 1.165) is 6.42 Å². The zero-order chi connectivity index (χ0) is 9.42. The molecule has 0 radical (unpaired) electrons. The van der Waals surface area contributed by atoms with Crippen molar-refractivity contribution in [2.24, 2.45) is 5.92 Å². The molecule has 0 amide bonds. The van der Waals surface area contributed by atoms with Gasteiger partial charge in [-0.15, -0.1) is 0 Å². The largest absolute Gasteiger partial charge is 0.508 e. The SMILES string of the molecule is CC(C)[C@H]1CCc2c(O)cccc21. The maximum Gasteiger partial charge on any atom is 0.119 e. The summed E-state index contributed by atoms with van der Waals surface area (Å²) in [6, 6.07) is 5.91. The lowest BCUT2D eigenvalue weighted by Gasteiger charge is -2.15. The molecule has 2 rings (SSSR count). The van der Waals surface area contributed by atoms with Crippen molar-refractivity contribution in [2.45, 2.75) is 32.6 Å². The van der Waals surface area contributed by atoms with Crippen LogP contribution in [0.4, 0.5) is 0 Å². The van der Waals surface area contributed by atoms with Gasteiger partial charge in [-0.25, -0.2) is 0 Å². The lowest BCUT2D eigenvalue weighted by Crippen LogP contribution is -2.01. The Morgan fingerprint density at radius 2 is 2.15 bits per heavy atom. The number of rotatable bonds is 1. The topological polar surface area (TPSA) is 20.2 Å². The van der Waals surface area contributed by atoms with Crippen LogP contribution in [0.3, 0.4) is 0 Å². The fraction of sp³-hybridized carbons (Fsp3) is 0.500. The molecule has 0 aromatic heterocycles. The van der Waals surface area contributed by atoms with E-state index < -0.39 is 0 Å². The highest BCUT2D eigenvalue weighted by Gasteiger charge is 2.26. The first-order valence-corrected chi connectivity index (χ1v) is 5.01. The minimum atomic E-state index is 0.487. The number of benzene rings is 1. The molecular weight excluding hydrogens is 160 g/mol. The zero-order valence-corrected chi connectivity index (χ0v) is 8.25. The van der Waals surface area contributed by atoms with Crippen LogP contribution in [0, 0.1) is 5.92 Å². The number of fused-ring (bicyclic) bond motifs is 1. The lowest BCUT2D eigenvalue weighted by atomic mass is 9.90. The number of hydrogen-bond acceptors (Lipinski definition) is 1. The van der Waals surface area contributed by atoms with Crippen LogP contribution in [0.5, 0.6) is 5.75 Å². The summed E-state index contributed by atoms with van der Waals surface area (Å²) in [6.07, 6.45) is 2.25. The minimum absolute atomic E-state index is 0.487. The Bertz CT molecular complexity index is 315. The summed E-state index contributed by atoms with van der Waals surface area (Å²) in [5.74, 6) is 1.82. The molecule has 1 aromatic rings. The van der Waals surface area contributed by atoms with E-state index in [1.54, 1.807) is 6.07 Å². The molecule has 1 N–H and O–H groups in total. The zero-order valence-electron chi connectivity index (χ0n) is 8.25. The van der Waals surface area contributed by atoms with Gasteiger partial charge in [0.1, 0.15) is 5.75 Å². The molecule has 1 nitrogen and oxygen atoms in total. The molecule has 70 valence electrons. The standard InChI is InChI=1S/C12H16O/c1-8(2)9-6-7-11-10(9)4-3-5-12(11)13/h3-5,8-9,13H,6-7H2,1-2H3/t9-/m1/s1. The molecule has 0 saturated heterocycles. The maximum atomic E-state index is 9.63. The van der Waals surface area contributed by atoms with Crippen LogP contribution < -0.4 is 0 Å². The molecule has 0 heterocycles. The van der Waals surface area contributed by atoms with Gasteiger partial charge in [-0.05, 0) is 41.9 Å². The van der Waals surface area contributed by atoms with Crippen LogP contribution in [0.25, 0.3) is 0 Å². The normalized spacial score (nSPS) is 20.7. The molecule has 13 heavy (non-hydrogen) atoms. The molecule has 0 spiro atoms. The third-order valence-electron chi connectivity index (χ3n) is 3.10. The van der Waals surface area contributed by atoms with Gasteiger partial charge in [0.05, 0.1) is 0 Å². The maximum absolute atomic E-state index is 9.63. The highest BCUT2D eigenvalue weighted by Crippen LogP contribution is 2.41. The highest BCUT2D eigenvalue weighted by molar-refractivity contribution is 5.44. The van der Waals surface area contributed by atoms with Crippen molar-refractivity contribution in [3.63, 3.8) is 0 Å². The van der Waals surface area contributed by atoms with Gasteiger partial charge in [-0.1, -0.05) is 26.0 Å². The molecule has 1 aliphatic carbocycles. The van der Waals surface area contributed by atoms with Crippen molar-refractivity contribution in [1.82, 2.24) is 0 Å². The van der Waals surface area contributed by atoms with E-state index in [9.17, 15) is 5.11 Å². The van der Waals surface area contributed by atoms with Crippen molar-refractivity contribution in [2.75, 3.05) is 0 Å². The van der Waals surface area contributed by atoms with Gasteiger partial charge in [0, 0.05) is 0 Å². The summed E-state index contributed by atoms with van der Waals surface area (Å²) in [7, 11) is 0. The predicted molar refractivity (Wildman–Crippen MR) is 54.0 cm³/mol. The molecular formula is C12H16O. The number of aromatic hydroxyl groups is 1. The van der Waals surface area contributed by atoms with Gasteiger partial charge < -0.3 is 5.11 Å². The summed E-state index contributed by atoms with van der Waals surface area (Å²) in [6.45, 7) is 4.51. The van der Waals surface area contributed by atoms with Crippen LogP contribution in [0.2, 0.25) is 0 Å². The van der Waals surface area contributed by atoms with Gasteiger partial charge in [0.15, 0.2) is 0 Å². The third kappa shape index (κ3) is 1.32. The lowest BCUT2D eigenvalue weighted by molar-refractivity contribution is 0.469. The molecule has 0 bridgehead atoms. The van der Waals surface area contributed by atoms with E-state index >= 15 is 0 Å². The minimum Gasteiger partial charge on any atom is -0.508 e. The Morgan fingerprint density at radius 1 is 1.38 bits per heavy atom. The number of hydrogen-bond donors (Lipinski definition) is 1. The summed E-state index contributed by atoms with van der Waals surface area (Å²) in [4.78, 5) is 0. The van der Waals surface area contributed by atoms with E-state index in [1.807, 2.05) is 6.07 Å². The Balaban J connectivity index is 2.43. The highest BCUT2D eigenvalue weighted by atomic mass is 16.3. The molecule has 0 aliphatic heterocycles. The molecule has 1 heteroatoms. The second kappa shape index (κ2) is 3.06. The smallest absolute Gasteiger partial charge is 0.119 e. The van der Waals surface area contributed by atoms with Crippen molar-refractivity contribution >= 4 is 0 Å². The summed E-state index contributed by atoms with van der Waals surface area (Å²) in [5.41, 5.74) is 2.55. The Morgan fingerprint density at radius 3 is 2.85 bits per heavy atom. The Kier molecular flexibility index (Phi) is 2.03. The summed E-state index contributed by atoms with van der Waals surface area (Å²) < 4.78 is 0. The van der Waals surface area contributed by atoms with Gasteiger partial charge in [0.25, 0.3) is 0 Å². The molecule has 0 fully saturated rings. The van der Waals surface area contributed by atoms with Crippen molar-refractivity contribution in [3.8, 4) is 5.75 Å². The first kappa shape index (κ1) is 8.61. The molecule has 1 atom stereocenters. The molecule has 1 aliphatic rings. The average molecular weight is 176 g/mol. The monoisotopic (exact) mass is 176 g/mol. The van der Waals surface area contributed by atoms with Crippen molar-refractivity contribution < 1.29 is 5.11 Å². The van der Waals surface area contributed by atoms with Gasteiger partial charge >= 0.3 is 0 Å². The van der Waals surface area contributed by atoms with Gasteiger partial charge in [0.2, 0.25) is 0 Å². The van der Waals surface area contributed by atoms with Crippen molar-refractivity contribution in [1.29, 1.82) is 0 Å². The predicted octanol–water partition coefficient (Wildman–Crippen LogP) is 3.08.